The first-order valence-corrected chi connectivity index (χ1v) is 8.71. The molecule has 2 aliphatic rings. The number of nitrogens with zero attached hydrogens (tertiary/aromatic N) is 3. The Hall–Kier alpha value is -2.63. The van der Waals surface area contributed by atoms with Crippen molar-refractivity contribution in [1.82, 2.24) is 9.61 Å². The number of hydrogen-bond acceptors (Lipinski definition) is 3. The summed E-state index contributed by atoms with van der Waals surface area (Å²) in [6, 6.07) is 5.29. The second kappa shape index (κ2) is 5.94. The van der Waals surface area contributed by atoms with Crippen LogP contribution in [0.5, 0.6) is 0 Å². The van der Waals surface area contributed by atoms with Crippen molar-refractivity contribution >= 4 is 17.2 Å². The molecule has 2 fully saturated rings. The van der Waals surface area contributed by atoms with E-state index in [1.807, 2.05) is 6.07 Å². The summed E-state index contributed by atoms with van der Waals surface area (Å²) in [6.45, 7) is 0. The largest absolute Gasteiger partial charge is 0.313 e. The minimum atomic E-state index is -4.16. The molecule has 1 N–H and O–H groups in total. The van der Waals surface area contributed by atoms with E-state index >= 15 is 0 Å². The second-order valence-corrected chi connectivity index (χ2v) is 7.23. The first kappa shape index (κ1) is 17.8. The first-order valence-electron chi connectivity index (χ1n) is 8.71. The van der Waals surface area contributed by atoms with Gasteiger partial charge >= 0.3 is 11.8 Å². The highest BCUT2D eigenvalue weighted by Gasteiger charge is 2.71. The van der Waals surface area contributed by atoms with Gasteiger partial charge < -0.3 is 5.32 Å². The summed E-state index contributed by atoms with van der Waals surface area (Å²) in [5.74, 6) is -10.3. The molecule has 2 aromatic rings. The minimum Gasteiger partial charge on any atom is -0.309 e. The fraction of sp³-hybridized carbons (Fsp3) is 0.500. The van der Waals surface area contributed by atoms with Crippen LogP contribution in [0, 0.1) is 17.2 Å². The summed E-state index contributed by atoms with van der Waals surface area (Å²) in [7, 11) is 0. The van der Waals surface area contributed by atoms with Crippen molar-refractivity contribution in [3.63, 3.8) is 0 Å². The number of fused-ring (bicyclic) bond motifs is 1. The van der Waals surface area contributed by atoms with Gasteiger partial charge in [-0.15, -0.1) is 5.10 Å². The maximum atomic E-state index is 13.4. The summed E-state index contributed by atoms with van der Waals surface area (Å²) >= 11 is 0. The number of hydrogen-bond donors (Lipinski definition) is 1. The topological polar surface area (TPSA) is 70.2 Å². The summed E-state index contributed by atoms with van der Waals surface area (Å²) in [6.07, 6.45) is 2.72. The van der Waals surface area contributed by atoms with Crippen LogP contribution in [0.2, 0.25) is 0 Å². The molecule has 0 unspecified atom stereocenters. The predicted molar refractivity (Wildman–Crippen MR) is 87.7 cm³/mol. The number of carbonyl (C=O) groups excluding carboxylic acids is 1. The number of nitrogens with one attached hydrogen (secondary N) is 1. The highest BCUT2D eigenvalue weighted by Crippen LogP contribution is 2.56. The molecule has 4 rings (SSSR count). The fourth-order valence-electron chi connectivity index (χ4n) is 3.67. The Kier molecular flexibility index (Phi) is 3.91. The highest BCUT2D eigenvalue weighted by molar-refractivity contribution is 5.92. The third-order valence-electron chi connectivity index (χ3n) is 5.51. The molecule has 1 amide bonds. The van der Waals surface area contributed by atoms with Crippen LogP contribution in [0.1, 0.15) is 49.1 Å². The third kappa shape index (κ3) is 2.74. The molecule has 0 aliphatic heterocycles. The Morgan fingerprint density at radius 3 is 2.67 bits per heavy atom. The third-order valence-corrected chi connectivity index (χ3v) is 5.51. The zero-order chi connectivity index (χ0) is 19.4. The normalized spacial score (nSPS) is 23.3. The van der Waals surface area contributed by atoms with E-state index in [1.54, 1.807) is 18.3 Å². The number of carbonyl (C=O) groups is 1. The predicted octanol–water partition coefficient (Wildman–Crippen LogP) is 4.09. The van der Waals surface area contributed by atoms with Crippen molar-refractivity contribution in [3.8, 4) is 6.07 Å². The fourth-order valence-corrected chi connectivity index (χ4v) is 3.67. The lowest BCUT2D eigenvalue weighted by atomic mass is 9.74. The van der Waals surface area contributed by atoms with Gasteiger partial charge in [-0.05, 0) is 30.9 Å². The van der Waals surface area contributed by atoms with Crippen LogP contribution in [0.15, 0.2) is 18.3 Å². The molecule has 27 heavy (non-hydrogen) atoms. The smallest absolute Gasteiger partial charge is 0.309 e. The summed E-state index contributed by atoms with van der Waals surface area (Å²) in [5.41, 5.74) is 1.88. The van der Waals surface area contributed by atoms with Gasteiger partial charge in [-0.3, -0.25) is 4.79 Å². The number of pyridine rings is 1. The quantitative estimate of drug-likeness (QED) is 0.812. The van der Waals surface area contributed by atoms with Gasteiger partial charge in [0, 0.05) is 30.5 Å². The molecule has 1 atom stereocenters. The van der Waals surface area contributed by atoms with Gasteiger partial charge in [-0.25, -0.2) is 4.52 Å². The van der Waals surface area contributed by atoms with Crippen LogP contribution in [0.3, 0.4) is 0 Å². The van der Waals surface area contributed by atoms with Crippen LogP contribution in [-0.2, 0) is 4.79 Å². The van der Waals surface area contributed by atoms with Crippen molar-refractivity contribution in [2.45, 2.75) is 49.9 Å². The van der Waals surface area contributed by atoms with E-state index in [2.05, 4.69) is 10.4 Å². The lowest BCUT2D eigenvalue weighted by Crippen LogP contribution is -2.59. The van der Waals surface area contributed by atoms with Crippen LogP contribution >= 0.6 is 0 Å². The average molecular weight is 380 g/mol. The van der Waals surface area contributed by atoms with Crippen LogP contribution < -0.4 is 5.32 Å². The second-order valence-electron chi connectivity index (χ2n) is 7.23. The molecule has 0 saturated heterocycles. The standard InChI is InChI=1S/C18H16F4N4O/c19-17(20)8-12(18(17,21)22)7-14(27)24-16-15(11-2-1-3-11)13-6-10(9-23)4-5-26(13)25-16/h4-6,11-12H,1-3,7-8H2,(H,24,25,27)/t12-/m1/s1. The number of halogens is 4. The number of anilines is 1. The van der Waals surface area contributed by atoms with Gasteiger partial charge in [0.25, 0.3) is 0 Å². The molecule has 2 aliphatic carbocycles. The molecule has 0 aromatic carbocycles. The molecule has 2 heterocycles. The molecule has 0 bridgehead atoms. The Labute approximate surface area is 152 Å². The summed E-state index contributed by atoms with van der Waals surface area (Å²) in [5, 5.41) is 15.9. The van der Waals surface area contributed by atoms with E-state index in [9.17, 15) is 22.4 Å². The minimum absolute atomic E-state index is 0.154. The van der Waals surface area contributed by atoms with E-state index in [1.165, 1.54) is 4.52 Å². The van der Waals surface area contributed by atoms with E-state index in [4.69, 9.17) is 5.26 Å². The van der Waals surface area contributed by atoms with Crippen molar-refractivity contribution in [1.29, 1.82) is 5.26 Å². The molecule has 9 heteroatoms. The zero-order valence-corrected chi connectivity index (χ0v) is 14.2. The molecule has 2 aromatic heterocycles. The van der Waals surface area contributed by atoms with E-state index in [-0.39, 0.29) is 11.7 Å². The first-order chi connectivity index (χ1) is 12.7. The van der Waals surface area contributed by atoms with Gasteiger partial charge in [0.15, 0.2) is 5.82 Å². The highest BCUT2D eigenvalue weighted by atomic mass is 19.3. The number of rotatable bonds is 4. The maximum Gasteiger partial charge on any atom is 0.313 e. The lowest BCUT2D eigenvalue weighted by molar-refractivity contribution is -0.313. The number of nitriles is 1. The Morgan fingerprint density at radius 2 is 2.11 bits per heavy atom. The molecular formula is C18H16F4N4O. The number of alkyl halides is 4. The van der Waals surface area contributed by atoms with Crippen molar-refractivity contribution in [3.05, 3.63) is 29.5 Å². The molecule has 2 saturated carbocycles. The van der Waals surface area contributed by atoms with Crippen molar-refractivity contribution < 1.29 is 22.4 Å². The van der Waals surface area contributed by atoms with Gasteiger partial charge in [-0.1, -0.05) is 6.42 Å². The maximum absolute atomic E-state index is 13.4. The molecular weight excluding hydrogens is 364 g/mol. The van der Waals surface area contributed by atoms with Crippen LogP contribution in [-0.4, -0.2) is 27.4 Å². The van der Waals surface area contributed by atoms with Gasteiger partial charge in [0.1, 0.15) is 0 Å². The lowest BCUT2D eigenvalue weighted by Gasteiger charge is -2.43. The van der Waals surface area contributed by atoms with E-state index in [0.717, 1.165) is 24.8 Å². The van der Waals surface area contributed by atoms with Crippen LogP contribution in [0.25, 0.3) is 5.52 Å². The SMILES string of the molecule is N#Cc1ccn2nc(NC(=O)C[C@@H]3CC(F)(F)C3(F)F)c(C3CCC3)c2c1. The monoisotopic (exact) mass is 380 g/mol. The summed E-state index contributed by atoms with van der Waals surface area (Å²) in [4.78, 5) is 12.2. The summed E-state index contributed by atoms with van der Waals surface area (Å²) < 4.78 is 54.3. The average Bonchev–Trinajstić information content (AvgIpc) is 2.89. The van der Waals surface area contributed by atoms with Gasteiger partial charge in [-0.2, -0.15) is 22.8 Å². The number of amides is 1. The molecule has 5 nitrogen and oxygen atoms in total. The molecule has 0 radical (unpaired) electrons. The molecule has 142 valence electrons. The Balaban J connectivity index is 1.58. The zero-order valence-electron chi connectivity index (χ0n) is 14.2. The Morgan fingerprint density at radius 1 is 1.37 bits per heavy atom. The Bertz CT molecular complexity index is 958. The van der Waals surface area contributed by atoms with Crippen LogP contribution in [0.4, 0.5) is 23.4 Å². The van der Waals surface area contributed by atoms with E-state index < -0.39 is 36.5 Å². The number of aromatic nitrogens is 2. The van der Waals surface area contributed by atoms with Crippen molar-refractivity contribution in [2.75, 3.05) is 5.32 Å². The van der Waals surface area contributed by atoms with Crippen molar-refractivity contribution in [2.24, 2.45) is 5.92 Å². The van der Waals surface area contributed by atoms with Gasteiger partial charge in [0.2, 0.25) is 5.91 Å². The molecule has 0 spiro atoms. The van der Waals surface area contributed by atoms with Gasteiger partial charge in [0.05, 0.1) is 17.1 Å². The van der Waals surface area contributed by atoms with E-state index in [0.29, 0.717) is 11.1 Å².